The summed E-state index contributed by atoms with van der Waals surface area (Å²) in [6, 6.07) is 14.1. The van der Waals surface area contributed by atoms with E-state index in [1.54, 1.807) is 6.07 Å². The Morgan fingerprint density at radius 1 is 1.07 bits per heavy atom. The van der Waals surface area contributed by atoms with Crippen molar-refractivity contribution in [2.75, 3.05) is 0 Å². The molecule has 0 saturated carbocycles. The van der Waals surface area contributed by atoms with Crippen molar-refractivity contribution in [3.8, 4) is 0 Å². The number of halogens is 1. The van der Waals surface area contributed by atoms with Gasteiger partial charge in [0.2, 0.25) is 0 Å². The Morgan fingerprint density at radius 3 is 2.41 bits per heavy atom. The molecule has 0 aliphatic heterocycles. The highest BCUT2D eigenvalue weighted by atomic mass is 19.1. The van der Waals surface area contributed by atoms with Crippen LogP contribution in [0.2, 0.25) is 0 Å². The Balaban J connectivity index is 1.93. The zero-order valence-corrected chi connectivity index (χ0v) is 16.3. The third-order valence-electron chi connectivity index (χ3n) is 4.87. The topological polar surface area (TPSA) is 42.2 Å². The molecule has 1 aromatic heterocycles. The van der Waals surface area contributed by atoms with Gasteiger partial charge in [0, 0.05) is 24.0 Å². The lowest BCUT2D eigenvalue weighted by molar-refractivity contribution is 0.271. The van der Waals surface area contributed by atoms with E-state index >= 15 is 0 Å². The van der Waals surface area contributed by atoms with Crippen LogP contribution in [0, 0.1) is 11.2 Å². The number of hydrogen-bond acceptors (Lipinski definition) is 3. The summed E-state index contributed by atoms with van der Waals surface area (Å²) in [6.07, 6.45) is 0.888. The van der Waals surface area contributed by atoms with Gasteiger partial charge in [-0.25, -0.2) is 9.18 Å². The van der Waals surface area contributed by atoms with E-state index in [-0.39, 0.29) is 22.9 Å². The maximum Gasteiger partial charge on any atom is 0.336 e. The molecule has 1 heterocycles. The molecule has 3 nitrogen and oxygen atoms in total. The SMILES string of the molecule is CCc1ccc2c(CNC(c3ccc(F)cc3)C(C)(C)C)cc(=O)oc2c1. The Bertz CT molecular complexity index is 984. The van der Waals surface area contributed by atoms with Gasteiger partial charge in [0.1, 0.15) is 11.4 Å². The fourth-order valence-electron chi connectivity index (χ4n) is 3.43. The fraction of sp³-hybridized carbons (Fsp3) is 0.348. The molecule has 0 amide bonds. The Morgan fingerprint density at radius 2 is 1.78 bits per heavy atom. The van der Waals surface area contributed by atoms with Gasteiger partial charge in [0.15, 0.2) is 0 Å². The van der Waals surface area contributed by atoms with Gasteiger partial charge in [-0.05, 0) is 46.7 Å². The summed E-state index contributed by atoms with van der Waals surface area (Å²) in [5.74, 6) is -0.246. The highest BCUT2D eigenvalue weighted by molar-refractivity contribution is 5.80. The summed E-state index contributed by atoms with van der Waals surface area (Å²) in [7, 11) is 0. The first-order valence-corrected chi connectivity index (χ1v) is 9.32. The largest absolute Gasteiger partial charge is 0.423 e. The molecule has 2 aromatic carbocycles. The molecule has 0 aliphatic carbocycles. The molecule has 0 spiro atoms. The molecule has 0 aliphatic rings. The number of benzene rings is 2. The summed E-state index contributed by atoms with van der Waals surface area (Å²) in [5.41, 5.74) is 3.25. The molecule has 0 fully saturated rings. The normalized spacial score (nSPS) is 13.1. The van der Waals surface area contributed by atoms with Crippen LogP contribution in [0.25, 0.3) is 11.0 Å². The van der Waals surface area contributed by atoms with Gasteiger partial charge in [-0.15, -0.1) is 0 Å². The van der Waals surface area contributed by atoms with Gasteiger partial charge in [-0.2, -0.15) is 0 Å². The highest BCUT2D eigenvalue weighted by Gasteiger charge is 2.26. The van der Waals surface area contributed by atoms with Gasteiger partial charge >= 0.3 is 5.63 Å². The van der Waals surface area contributed by atoms with Gasteiger partial charge < -0.3 is 9.73 Å². The maximum atomic E-state index is 13.3. The minimum absolute atomic E-state index is 0.00955. The van der Waals surface area contributed by atoms with Crippen LogP contribution in [0.1, 0.15) is 50.4 Å². The first kappa shape index (κ1) is 19.3. The standard InChI is InChI=1S/C23H26FNO2/c1-5-15-6-11-19-17(13-21(26)27-20(19)12-15)14-25-22(23(2,3)4)16-7-9-18(24)10-8-16/h6-13,22,25H,5,14H2,1-4H3. The zero-order valence-electron chi connectivity index (χ0n) is 16.3. The van der Waals surface area contributed by atoms with E-state index in [0.29, 0.717) is 12.1 Å². The van der Waals surface area contributed by atoms with E-state index < -0.39 is 0 Å². The molecule has 1 unspecified atom stereocenters. The maximum absolute atomic E-state index is 13.3. The average molecular weight is 367 g/mol. The van der Waals surface area contributed by atoms with Crippen LogP contribution < -0.4 is 10.9 Å². The minimum Gasteiger partial charge on any atom is -0.423 e. The lowest BCUT2D eigenvalue weighted by atomic mass is 9.82. The zero-order chi connectivity index (χ0) is 19.6. The van der Waals surface area contributed by atoms with Crippen molar-refractivity contribution in [2.24, 2.45) is 5.41 Å². The van der Waals surface area contributed by atoms with Crippen LogP contribution in [0.5, 0.6) is 0 Å². The lowest BCUT2D eigenvalue weighted by Crippen LogP contribution is -2.32. The van der Waals surface area contributed by atoms with Crippen LogP contribution in [0.15, 0.2) is 57.7 Å². The minimum atomic E-state index is -0.346. The van der Waals surface area contributed by atoms with Crippen LogP contribution in [-0.4, -0.2) is 0 Å². The van der Waals surface area contributed by atoms with Crippen molar-refractivity contribution < 1.29 is 8.81 Å². The lowest BCUT2D eigenvalue weighted by Gasteiger charge is -2.32. The first-order chi connectivity index (χ1) is 12.8. The second kappa shape index (κ2) is 7.65. The molecular weight excluding hydrogens is 341 g/mol. The van der Waals surface area contributed by atoms with E-state index in [9.17, 15) is 9.18 Å². The monoisotopic (exact) mass is 367 g/mol. The summed E-state index contributed by atoms with van der Waals surface area (Å²) in [5, 5.41) is 4.49. The molecule has 0 bridgehead atoms. The fourth-order valence-corrected chi connectivity index (χ4v) is 3.43. The van der Waals surface area contributed by atoms with E-state index in [2.05, 4.69) is 39.1 Å². The summed E-state index contributed by atoms with van der Waals surface area (Å²) < 4.78 is 18.7. The summed E-state index contributed by atoms with van der Waals surface area (Å²) >= 11 is 0. The Kier molecular flexibility index (Phi) is 5.47. The Hall–Kier alpha value is -2.46. The van der Waals surface area contributed by atoms with Crippen molar-refractivity contribution >= 4 is 11.0 Å². The summed E-state index contributed by atoms with van der Waals surface area (Å²) in [4.78, 5) is 12.0. The molecule has 1 atom stereocenters. The third kappa shape index (κ3) is 4.45. The van der Waals surface area contributed by atoms with E-state index in [1.165, 1.54) is 12.1 Å². The predicted octanol–water partition coefficient (Wildman–Crippen LogP) is 5.37. The van der Waals surface area contributed by atoms with Crippen molar-refractivity contribution in [2.45, 2.75) is 46.7 Å². The molecular formula is C23H26FNO2. The molecule has 0 radical (unpaired) electrons. The van der Waals surface area contributed by atoms with Gasteiger partial charge in [0.25, 0.3) is 0 Å². The third-order valence-corrected chi connectivity index (χ3v) is 4.87. The van der Waals surface area contributed by atoms with E-state index in [4.69, 9.17) is 4.42 Å². The molecule has 142 valence electrons. The van der Waals surface area contributed by atoms with Crippen LogP contribution in [-0.2, 0) is 13.0 Å². The molecule has 4 heteroatoms. The molecule has 27 heavy (non-hydrogen) atoms. The first-order valence-electron chi connectivity index (χ1n) is 9.32. The second-order valence-electron chi connectivity index (χ2n) is 8.01. The van der Waals surface area contributed by atoms with Gasteiger partial charge in [-0.1, -0.05) is 52.0 Å². The number of aryl methyl sites for hydroxylation is 1. The van der Waals surface area contributed by atoms with Crippen molar-refractivity contribution in [1.29, 1.82) is 0 Å². The Labute approximate surface area is 159 Å². The predicted molar refractivity (Wildman–Crippen MR) is 107 cm³/mol. The molecule has 3 rings (SSSR count). The second-order valence-corrected chi connectivity index (χ2v) is 8.01. The van der Waals surface area contributed by atoms with Crippen molar-refractivity contribution in [3.63, 3.8) is 0 Å². The van der Waals surface area contributed by atoms with Gasteiger partial charge in [0.05, 0.1) is 0 Å². The van der Waals surface area contributed by atoms with Crippen molar-refractivity contribution in [3.05, 3.63) is 81.5 Å². The van der Waals surface area contributed by atoms with Crippen molar-refractivity contribution in [1.82, 2.24) is 5.32 Å². The van der Waals surface area contributed by atoms with Crippen LogP contribution in [0.4, 0.5) is 4.39 Å². The smallest absolute Gasteiger partial charge is 0.336 e. The van der Waals surface area contributed by atoms with E-state index in [1.807, 2.05) is 24.3 Å². The quantitative estimate of drug-likeness (QED) is 0.616. The number of fused-ring (bicyclic) bond motifs is 1. The average Bonchev–Trinajstić information content (AvgIpc) is 2.61. The number of hydrogen-bond donors (Lipinski definition) is 1. The number of rotatable bonds is 5. The molecule has 3 aromatic rings. The van der Waals surface area contributed by atoms with E-state index in [0.717, 1.165) is 28.5 Å². The number of nitrogens with one attached hydrogen (secondary N) is 1. The summed E-state index contributed by atoms with van der Waals surface area (Å²) in [6.45, 7) is 9.01. The van der Waals surface area contributed by atoms with Crippen LogP contribution in [0.3, 0.4) is 0 Å². The van der Waals surface area contributed by atoms with Gasteiger partial charge in [-0.3, -0.25) is 0 Å². The van der Waals surface area contributed by atoms with Crippen LogP contribution >= 0.6 is 0 Å². The molecule has 0 saturated heterocycles. The highest BCUT2D eigenvalue weighted by Crippen LogP contribution is 2.33. The molecule has 1 N–H and O–H groups in total.